The van der Waals surface area contributed by atoms with Crippen molar-refractivity contribution in [2.45, 2.75) is 52.7 Å². The maximum absolute atomic E-state index is 14.3. The smallest absolute Gasteiger partial charge is 0.179 e. The highest BCUT2D eigenvalue weighted by molar-refractivity contribution is 9.10. The summed E-state index contributed by atoms with van der Waals surface area (Å²) in [5.41, 5.74) is 6.58. The van der Waals surface area contributed by atoms with Gasteiger partial charge in [0.15, 0.2) is 11.6 Å². The minimum atomic E-state index is -0.344. The molecule has 1 saturated carbocycles. The zero-order valence-electron chi connectivity index (χ0n) is 12.4. The van der Waals surface area contributed by atoms with Gasteiger partial charge in [0.25, 0.3) is 0 Å². The first-order chi connectivity index (χ1) is 9.32. The molecule has 2 nitrogen and oxygen atoms in total. The lowest BCUT2D eigenvalue weighted by molar-refractivity contribution is 0.0535. The second kappa shape index (κ2) is 6.02. The van der Waals surface area contributed by atoms with E-state index in [1.165, 1.54) is 6.42 Å². The number of halogens is 2. The van der Waals surface area contributed by atoms with E-state index >= 15 is 0 Å². The van der Waals surface area contributed by atoms with Gasteiger partial charge in [-0.2, -0.15) is 0 Å². The number of nitrogens with two attached hydrogens (primary N) is 1. The van der Waals surface area contributed by atoms with Crippen molar-refractivity contribution in [3.05, 3.63) is 28.0 Å². The first-order valence-electron chi connectivity index (χ1n) is 7.16. The van der Waals surface area contributed by atoms with Gasteiger partial charge in [-0.1, -0.05) is 26.8 Å². The molecule has 1 aliphatic carbocycles. The van der Waals surface area contributed by atoms with E-state index in [2.05, 4.69) is 36.7 Å². The summed E-state index contributed by atoms with van der Waals surface area (Å²) < 4.78 is 20.6. The monoisotopic (exact) mass is 343 g/mol. The minimum Gasteiger partial charge on any atom is -0.487 e. The Balaban J connectivity index is 2.16. The summed E-state index contributed by atoms with van der Waals surface area (Å²) >= 11 is 3.26. The third kappa shape index (κ3) is 3.53. The fraction of sp³-hybridized carbons (Fsp3) is 0.625. The minimum absolute atomic E-state index is 0.0823. The Bertz CT molecular complexity index is 490. The van der Waals surface area contributed by atoms with E-state index in [1.54, 1.807) is 6.07 Å². The zero-order valence-corrected chi connectivity index (χ0v) is 14.0. The fourth-order valence-corrected chi connectivity index (χ4v) is 3.84. The zero-order chi connectivity index (χ0) is 14.9. The molecule has 0 spiro atoms. The highest BCUT2D eigenvalue weighted by Gasteiger charge is 2.33. The molecule has 1 fully saturated rings. The van der Waals surface area contributed by atoms with Crippen molar-refractivity contribution >= 4 is 15.9 Å². The molecule has 4 heteroatoms. The van der Waals surface area contributed by atoms with Crippen LogP contribution in [0.2, 0.25) is 0 Å². The fourth-order valence-electron chi connectivity index (χ4n) is 3.35. The molecular weight excluding hydrogens is 321 g/mol. The van der Waals surface area contributed by atoms with E-state index in [-0.39, 0.29) is 17.3 Å². The van der Waals surface area contributed by atoms with Gasteiger partial charge in [0.1, 0.15) is 0 Å². The van der Waals surface area contributed by atoms with Crippen LogP contribution in [0.3, 0.4) is 0 Å². The predicted molar refractivity (Wildman–Crippen MR) is 83.2 cm³/mol. The second-order valence-corrected chi connectivity index (χ2v) is 7.50. The Morgan fingerprint density at radius 3 is 2.70 bits per heavy atom. The van der Waals surface area contributed by atoms with Crippen molar-refractivity contribution in [3.8, 4) is 5.75 Å². The van der Waals surface area contributed by atoms with Crippen LogP contribution in [0, 0.1) is 17.2 Å². The van der Waals surface area contributed by atoms with Crippen LogP contribution in [0.25, 0.3) is 0 Å². The van der Waals surface area contributed by atoms with Crippen LogP contribution >= 0.6 is 15.9 Å². The number of hydrogen-bond acceptors (Lipinski definition) is 2. The van der Waals surface area contributed by atoms with E-state index in [0.717, 1.165) is 18.4 Å². The number of benzene rings is 1. The summed E-state index contributed by atoms with van der Waals surface area (Å²) in [4.78, 5) is 0. The van der Waals surface area contributed by atoms with Crippen LogP contribution in [-0.4, -0.2) is 6.10 Å². The number of rotatable bonds is 3. The van der Waals surface area contributed by atoms with Crippen LogP contribution in [0.15, 0.2) is 16.6 Å². The van der Waals surface area contributed by atoms with Crippen molar-refractivity contribution in [1.82, 2.24) is 0 Å². The van der Waals surface area contributed by atoms with Gasteiger partial charge < -0.3 is 10.5 Å². The van der Waals surface area contributed by atoms with Crippen molar-refractivity contribution in [3.63, 3.8) is 0 Å². The molecule has 0 aromatic heterocycles. The quantitative estimate of drug-likeness (QED) is 0.867. The molecule has 20 heavy (non-hydrogen) atoms. The van der Waals surface area contributed by atoms with Crippen LogP contribution < -0.4 is 10.5 Å². The first kappa shape index (κ1) is 15.8. The van der Waals surface area contributed by atoms with Crippen molar-refractivity contribution in [2.75, 3.05) is 0 Å². The normalized spacial score (nSPS) is 25.5. The molecule has 0 saturated heterocycles. The maximum atomic E-state index is 14.3. The summed E-state index contributed by atoms with van der Waals surface area (Å²) in [6.07, 6.45) is 3.23. The van der Waals surface area contributed by atoms with Crippen molar-refractivity contribution in [2.24, 2.45) is 17.1 Å². The number of hydrogen-bond donors (Lipinski definition) is 1. The van der Waals surface area contributed by atoms with Crippen molar-refractivity contribution in [1.29, 1.82) is 0 Å². The molecule has 2 atom stereocenters. The lowest BCUT2D eigenvalue weighted by atomic mass is 9.71. The average Bonchev–Trinajstić information content (AvgIpc) is 2.33. The summed E-state index contributed by atoms with van der Waals surface area (Å²) in [6.45, 7) is 7.05. The third-order valence-electron chi connectivity index (χ3n) is 3.99. The van der Waals surface area contributed by atoms with E-state index in [4.69, 9.17) is 10.5 Å². The predicted octanol–water partition coefficient (Wildman–Crippen LogP) is 4.64. The van der Waals surface area contributed by atoms with Crippen LogP contribution in [0.4, 0.5) is 4.39 Å². The Kier molecular flexibility index (Phi) is 4.75. The lowest BCUT2D eigenvalue weighted by Crippen LogP contribution is -2.34. The molecule has 0 bridgehead atoms. The van der Waals surface area contributed by atoms with Gasteiger partial charge in [-0.05, 0) is 58.2 Å². The van der Waals surface area contributed by atoms with Crippen LogP contribution in [-0.2, 0) is 6.54 Å². The van der Waals surface area contributed by atoms with Gasteiger partial charge in [-0.15, -0.1) is 0 Å². The van der Waals surface area contributed by atoms with E-state index in [0.29, 0.717) is 22.7 Å². The summed E-state index contributed by atoms with van der Waals surface area (Å²) in [6, 6.07) is 3.51. The van der Waals surface area contributed by atoms with Gasteiger partial charge in [-0.25, -0.2) is 4.39 Å². The molecule has 2 N–H and O–H groups in total. The molecule has 1 aliphatic rings. The molecule has 1 aromatic carbocycles. The molecule has 0 radical (unpaired) electrons. The molecular formula is C16H23BrFNO. The number of ether oxygens (including phenoxy) is 1. The Hall–Kier alpha value is -0.610. The maximum Gasteiger partial charge on any atom is 0.179 e. The summed E-state index contributed by atoms with van der Waals surface area (Å²) in [7, 11) is 0. The Labute approximate surface area is 129 Å². The molecule has 112 valence electrons. The molecule has 0 heterocycles. The molecule has 0 aliphatic heterocycles. The molecule has 1 aromatic rings. The Morgan fingerprint density at radius 1 is 1.40 bits per heavy atom. The van der Waals surface area contributed by atoms with E-state index < -0.39 is 0 Å². The highest BCUT2D eigenvalue weighted by atomic mass is 79.9. The average molecular weight is 344 g/mol. The second-order valence-electron chi connectivity index (χ2n) is 6.71. The summed E-state index contributed by atoms with van der Waals surface area (Å²) in [5, 5.41) is 0. The summed E-state index contributed by atoms with van der Waals surface area (Å²) in [5.74, 6) is 0.589. The van der Waals surface area contributed by atoms with Crippen LogP contribution in [0.1, 0.15) is 45.6 Å². The molecule has 2 unspecified atom stereocenters. The third-order valence-corrected chi connectivity index (χ3v) is 4.84. The van der Waals surface area contributed by atoms with Gasteiger partial charge >= 0.3 is 0 Å². The topological polar surface area (TPSA) is 35.2 Å². The van der Waals surface area contributed by atoms with Gasteiger partial charge in [-0.3, -0.25) is 0 Å². The SMILES string of the molecule is CC1CC(Oc2ccc(CN)c(Br)c2F)CC(C)(C)C1. The molecule has 2 rings (SSSR count). The van der Waals surface area contributed by atoms with Gasteiger partial charge in [0.05, 0.1) is 10.6 Å². The highest BCUT2D eigenvalue weighted by Crippen LogP contribution is 2.40. The van der Waals surface area contributed by atoms with E-state index in [9.17, 15) is 4.39 Å². The first-order valence-corrected chi connectivity index (χ1v) is 7.95. The van der Waals surface area contributed by atoms with Gasteiger partial charge in [0, 0.05) is 6.54 Å². The lowest BCUT2D eigenvalue weighted by Gasteiger charge is -2.38. The van der Waals surface area contributed by atoms with Crippen LogP contribution in [0.5, 0.6) is 5.75 Å². The largest absolute Gasteiger partial charge is 0.487 e. The Morgan fingerprint density at radius 2 is 2.10 bits per heavy atom. The van der Waals surface area contributed by atoms with Crippen molar-refractivity contribution < 1.29 is 9.13 Å². The van der Waals surface area contributed by atoms with Gasteiger partial charge in [0.2, 0.25) is 0 Å². The molecule has 0 amide bonds. The standard InChI is InChI=1S/C16H23BrFNO/c1-10-6-12(8-16(2,3)7-10)20-13-5-4-11(9-19)14(17)15(13)18/h4-5,10,12H,6-9,19H2,1-3H3. The van der Waals surface area contributed by atoms with E-state index in [1.807, 2.05) is 6.07 Å².